The second-order valence-corrected chi connectivity index (χ2v) is 4.01. The van der Waals surface area contributed by atoms with Gasteiger partial charge in [-0.25, -0.2) is 4.79 Å². The molecule has 0 saturated carbocycles. The Balaban J connectivity index is 2.24. The Labute approximate surface area is 115 Å². The largest absolute Gasteiger partial charge is 0.478 e. The normalized spacial score (nSPS) is 10.6. The van der Waals surface area contributed by atoms with Crippen LogP contribution < -0.4 is 4.90 Å². The molecule has 20 heavy (non-hydrogen) atoms. The number of anilines is 1. The quantitative estimate of drug-likeness (QED) is 0.848. The molecule has 0 spiro atoms. The third-order valence-electron chi connectivity index (χ3n) is 2.60. The van der Waals surface area contributed by atoms with Crippen molar-refractivity contribution in [2.45, 2.75) is 6.54 Å². The molecule has 0 saturated heterocycles. The van der Waals surface area contributed by atoms with E-state index in [4.69, 9.17) is 9.52 Å². The third kappa shape index (κ3) is 3.58. The number of furan rings is 1. The summed E-state index contributed by atoms with van der Waals surface area (Å²) in [6.45, 7) is 0.236. The molecule has 5 nitrogen and oxygen atoms in total. The number of hydrogen-bond acceptors (Lipinski definition) is 3. The van der Waals surface area contributed by atoms with E-state index in [-0.39, 0.29) is 6.54 Å². The van der Waals surface area contributed by atoms with Gasteiger partial charge in [0.1, 0.15) is 5.76 Å². The van der Waals surface area contributed by atoms with E-state index in [0.29, 0.717) is 11.4 Å². The van der Waals surface area contributed by atoms with Crippen molar-refractivity contribution in [3.8, 4) is 0 Å². The first kappa shape index (κ1) is 13.6. The lowest BCUT2D eigenvalue weighted by Gasteiger charge is -2.20. The molecule has 2 aromatic rings. The van der Waals surface area contributed by atoms with Gasteiger partial charge in [-0.05, 0) is 24.3 Å². The van der Waals surface area contributed by atoms with Crippen LogP contribution in [0.25, 0.3) is 0 Å². The SMILES string of the molecule is O=C(O)/C=C/C(=O)N(Cc1ccco1)c1ccccc1. The van der Waals surface area contributed by atoms with Crippen LogP contribution in [0.1, 0.15) is 5.76 Å². The van der Waals surface area contributed by atoms with Crippen LogP contribution in [0.3, 0.4) is 0 Å². The molecule has 5 heteroatoms. The maximum absolute atomic E-state index is 12.1. The second kappa shape index (κ2) is 6.38. The van der Waals surface area contributed by atoms with Gasteiger partial charge >= 0.3 is 5.97 Å². The van der Waals surface area contributed by atoms with E-state index in [1.165, 1.54) is 11.2 Å². The van der Waals surface area contributed by atoms with Crippen LogP contribution in [0.5, 0.6) is 0 Å². The van der Waals surface area contributed by atoms with Gasteiger partial charge in [0.2, 0.25) is 0 Å². The lowest BCUT2D eigenvalue weighted by molar-refractivity contribution is -0.131. The second-order valence-electron chi connectivity index (χ2n) is 4.01. The number of amides is 1. The number of carboxylic acid groups (broad SMARTS) is 1. The molecule has 0 atom stereocenters. The van der Waals surface area contributed by atoms with Crippen molar-refractivity contribution >= 4 is 17.6 Å². The highest BCUT2D eigenvalue weighted by Crippen LogP contribution is 2.17. The number of carboxylic acids is 1. The smallest absolute Gasteiger partial charge is 0.328 e. The van der Waals surface area contributed by atoms with Gasteiger partial charge in [0.25, 0.3) is 5.91 Å². The molecule has 0 bridgehead atoms. The van der Waals surface area contributed by atoms with E-state index in [0.717, 1.165) is 12.2 Å². The van der Waals surface area contributed by atoms with Crippen molar-refractivity contribution in [1.29, 1.82) is 0 Å². The Morgan fingerprint density at radius 3 is 2.45 bits per heavy atom. The maximum Gasteiger partial charge on any atom is 0.328 e. The Kier molecular flexibility index (Phi) is 4.34. The molecule has 1 aromatic heterocycles. The van der Waals surface area contributed by atoms with Crippen LogP contribution >= 0.6 is 0 Å². The summed E-state index contributed by atoms with van der Waals surface area (Å²) in [5.74, 6) is -0.967. The van der Waals surface area contributed by atoms with E-state index in [1.807, 2.05) is 6.07 Å². The minimum atomic E-state index is -1.16. The van der Waals surface area contributed by atoms with Crippen molar-refractivity contribution < 1.29 is 19.1 Å². The zero-order valence-corrected chi connectivity index (χ0v) is 10.6. The molecule has 1 aromatic carbocycles. The lowest BCUT2D eigenvalue weighted by atomic mass is 10.2. The maximum atomic E-state index is 12.1. The molecule has 0 aliphatic rings. The minimum absolute atomic E-state index is 0.236. The van der Waals surface area contributed by atoms with Crippen LogP contribution in [0, 0.1) is 0 Å². The number of aliphatic carboxylic acids is 1. The van der Waals surface area contributed by atoms with Gasteiger partial charge in [0, 0.05) is 17.8 Å². The van der Waals surface area contributed by atoms with Crippen molar-refractivity contribution in [2.24, 2.45) is 0 Å². The molecule has 1 N–H and O–H groups in total. The standard InChI is InChI=1S/C15H13NO4/c17-14(8-9-15(18)19)16(11-13-7-4-10-20-13)12-5-2-1-3-6-12/h1-10H,11H2,(H,18,19)/b9-8+. The average molecular weight is 271 g/mol. The first-order valence-electron chi connectivity index (χ1n) is 5.97. The highest BCUT2D eigenvalue weighted by atomic mass is 16.4. The fourth-order valence-electron chi connectivity index (χ4n) is 1.70. The van der Waals surface area contributed by atoms with Gasteiger partial charge in [-0.1, -0.05) is 18.2 Å². The Morgan fingerprint density at radius 1 is 1.10 bits per heavy atom. The molecule has 1 heterocycles. The van der Waals surface area contributed by atoms with Gasteiger partial charge in [0.15, 0.2) is 0 Å². The van der Waals surface area contributed by atoms with Crippen molar-refractivity contribution in [2.75, 3.05) is 4.90 Å². The van der Waals surface area contributed by atoms with Crippen LogP contribution in [0.15, 0.2) is 65.3 Å². The van der Waals surface area contributed by atoms with E-state index in [9.17, 15) is 9.59 Å². The number of carbonyl (C=O) groups is 2. The Morgan fingerprint density at radius 2 is 1.85 bits per heavy atom. The zero-order chi connectivity index (χ0) is 14.4. The molecule has 0 aliphatic heterocycles. The topological polar surface area (TPSA) is 70.8 Å². The number of rotatable bonds is 5. The van der Waals surface area contributed by atoms with E-state index in [1.54, 1.807) is 36.4 Å². The van der Waals surface area contributed by atoms with Crippen LogP contribution in [-0.4, -0.2) is 17.0 Å². The fraction of sp³-hybridized carbons (Fsp3) is 0.0667. The molecular weight excluding hydrogens is 258 g/mol. The molecule has 1 amide bonds. The summed E-state index contributed by atoms with van der Waals surface area (Å²) in [4.78, 5) is 24.1. The predicted octanol–water partition coefficient (Wildman–Crippen LogP) is 2.45. The monoisotopic (exact) mass is 271 g/mol. The number of carbonyl (C=O) groups excluding carboxylic acids is 1. The molecular formula is C15H13NO4. The molecule has 2 rings (SSSR count). The summed E-state index contributed by atoms with van der Waals surface area (Å²) in [6.07, 6.45) is 3.37. The molecule has 0 radical (unpaired) electrons. The molecule has 102 valence electrons. The van der Waals surface area contributed by atoms with Gasteiger partial charge in [0.05, 0.1) is 12.8 Å². The summed E-state index contributed by atoms with van der Waals surface area (Å²) in [7, 11) is 0. The van der Waals surface area contributed by atoms with Crippen LogP contribution in [-0.2, 0) is 16.1 Å². The Hall–Kier alpha value is -2.82. The van der Waals surface area contributed by atoms with Crippen LogP contribution in [0.4, 0.5) is 5.69 Å². The molecule has 0 unspecified atom stereocenters. The number of hydrogen-bond donors (Lipinski definition) is 1. The van der Waals surface area contributed by atoms with E-state index >= 15 is 0 Å². The van der Waals surface area contributed by atoms with E-state index < -0.39 is 11.9 Å². The Bertz CT molecular complexity index is 602. The minimum Gasteiger partial charge on any atom is -0.478 e. The predicted molar refractivity (Wildman–Crippen MR) is 73.1 cm³/mol. The van der Waals surface area contributed by atoms with E-state index in [2.05, 4.69) is 0 Å². The summed E-state index contributed by atoms with van der Waals surface area (Å²) in [5.41, 5.74) is 0.670. The number of nitrogens with zero attached hydrogens (tertiary/aromatic N) is 1. The van der Waals surface area contributed by atoms with Crippen molar-refractivity contribution in [3.05, 3.63) is 66.6 Å². The third-order valence-corrected chi connectivity index (χ3v) is 2.60. The van der Waals surface area contributed by atoms with Gasteiger partial charge < -0.3 is 14.4 Å². The van der Waals surface area contributed by atoms with Gasteiger partial charge in [-0.3, -0.25) is 4.79 Å². The fourth-order valence-corrected chi connectivity index (χ4v) is 1.70. The molecule has 0 aliphatic carbocycles. The highest BCUT2D eigenvalue weighted by Gasteiger charge is 2.15. The first-order chi connectivity index (χ1) is 9.66. The van der Waals surface area contributed by atoms with Crippen LogP contribution in [0.2, 0.25) is 0 Å². The summed E-state index contributed by atoms with van der Waals surface area (Å²) >= 11 is 0. The number of para-hydroxylation sites is 1. The summed E-state index contributed by atoms with van der Waals surface area (Å²) in [5, 5.41) is 8.60. The molecule has 0 fully saturated rings. The van der Waals surface area contributed by atoms with Crippen molar-refractivity contribution in [3.63, 3.8) is 0 Å². The lowest BCUT2D eigenvalue weighted by Crippen LogP contribution is -2.28. The zero-order valence-electron chi connectivity index (χ0n) is 10.6. The first-order valence-corrected chi connectivity index (χ1v) is 5.97. The van der Waals surface area contributed by atoms with Gasteiger partial charge in [-0.2, -0.15) is 0 Å². The summed E-state index contributed by atoms with van der Waals surface area (Å²) in [6, 6.07) is 12.5. The van der Waals surface area contributed by atoms with Crippen molar-refractivity contribution in [1.82, 2.24) is 0 Å². The number of benzene rings is 1. The van der Waals surface area contributed by atoms with Gasteiger partial charge in [-0.15, -0.1) is 0 Å². The summed E-state index contributed by atoms with van der Waals surface area (Å²) < 4.78 is 5.23. The highest BCUT2D eigenvalue weighted by molar-refractivity contribution is 6.03. The average Bonchev–Trinajstić information content (AvgIpc) is 2.96.